The van der Waals surface area contributed by atoms with E-state index in [2.05, 4.69) is 27.4 Å². The zero-order chi connectivity index (χ0) is 24.8. The highest BCUT2D eigenvalue weighted by Gasteiger charge is 2.39. The maximum atomic E-state index is 11.6. The number of rotatable bonds is 8. The lowest BCUT2D eigenvalue weighted by atomic mass is 10.1. The summed E-state index contributed by atoms with van der Waals surface area (Å²) in [4.78, 5) is 8.92. The van der Waals surface area contributed by atoms with Gasteiger partial charge in [0.15, 0.2) is 0 Å². The van der Waals surface area contributed by atoms with E-state index in [1.165, 1.54) is 17.5 Å². The molecule has 1 saturated carbocycles. The van der Waals surface area contributed by atoms with Gasteiger partial charge in [0.25, 0.3) is 0 Å². The number of nitrogens with one attached hydrogen (secondary N) is 1. The number of aromatic nitrogens is 3. The molecule has 0 saturated heterocycles. The molecule has 1 aromatic carbocycles. The number of anilines is 1. The van der Waals surface area contributed by atoms with Crippen molar-refractivity contribution >= 4 is 37.5 Å². The number of aryl methyl sites for hydroxylation is 1. The first-order valence-corrected chi connectivity index (χ1v) is 14.1. The van der Waals surface area contributed by atoms with E-state index in [1.54, 1.807) is 0 Å². The Kier molecular flexibility index (Phi) is 6.27. The summed E-state index contributed by atoms with van der Waals surface area (Å²) in [5.41, 5.74) is 3.25. The Morgan fingerprint density at radius 3 is 2.63 bits per heavy atom. The van der Waals surface area contributed by atoms with Gasteiger partial charge < -0.3 is 9.88 Å². The molecule has 1 unspecified atom stereocenters. The second-order valence-corrected chi connectivity index (χ2v) is 11.3. The zero-order valence-electron chi connectivity index (χ0n) is 18.6. The van der Waals surface area contributed by atoms with Crippen LogP contribution in [-0.4, -0.2) is 44.1 Å². The van der Waals surface area contributed by atoms with Gasteiger partial charge in [0, 0.05) is 18.2 Å². The van der Waals surface area contributed by atoms with Crippen LogP contribution < -0.4 is 15.6 Å². The standard InChI is InChI=1S/C21H26N6O6S2/c22-34(28,29)32-11-14-9-15(10-19(14)33-35(23,30)31)27-8-7-17-20(24-12-25-21(17)27)26-18-6-5-13-3-1-2-4-16(13)18/h1-4,7-8,12,14-15,18-19H,5-6,9-11H2,(H2,22,28,29)(H2,23,30,31)(H,24,25,26)/t14-,15-,18+,19?/m1/s1. The number of hydrogen-bond donors (Lipinski definition) is 3. The van der Waals surface area contributed by atoms with E-state index < -0.39 is 32.6 Å². The lowest BCUT2D eigenvalue weighted by Crippen LogP contribution is -2.30. The smallest absolute Gasteiger partial charge is 0.333 e. The molecule has 2 aromatic heterocycles. The normalized spacial score (nSPS) is 24.6. The number of hydrogen-bond acceptors (Lipinski definition) is 9. The molecule has 1 fully saturated rings. The van der Waals surface area contributed by atoms with Crippen molar-refractivity contribution in [2.45, 2.75) is 43.9 Å². The molecule has 0 radical (unpaired) electrons. The zero-order valence-corrected chi connectivity index (χ0v) is 20.3. The summed E-state index contributed by atoms with van der Waals surface area (Å²) in [6, 6.07) is 10.1. The molecule has 188 valence electrons. The molecule has 0 aliphatic heterocycles. The Hall–Kier alpha value is -2.62. The first-order chi connectivity index (χ1) is 16.6. The Morgan fingerprint density at radius 2 is 1.86 bits per heavy atom. The molecular formula is C21H26N6O6S2. The van der Waals surface area contributed by atoms with Gasteiger partial charge in [0.1, 0.15) is 17.8 Å². The molecule has 0 bridgehead atoms. The predicted octanol–water partition coefficient (Wildman–Crippen LogP) is 1.29. The van der Waals surface area contributed by atoms with E-state index in [0.717, 1.165) is 18.2 Å². The number of nitrogens with two attached hydrogens (primary N) is 2. The van der Waals surface area contributed by atoms with Crippen LogP contribution in [0.5, 0.6) is 0 Å². The highest BCUT2D eigenvalue weighted by molar-refractivity contribution is 7.84. The van der Waals surface area contributed by atoms with Gasteiger partial charge in [0.05, 0.1) is 24.1 Å². The SMILES string of the molecule is NS(=O)(=O)OC[C@H]1C[C@@H](n2ccc3c(N[C@H]4CCc5ccccc54)ncnc32)CC1OS(N)(=O)=O. The van der Waals surface area contributed by atoms with Crippen LogP contribution in [0.25, 0.3) is 11.0 Å². The van der Waals surface area contributed by atoms with Crippen molar-refractivity contribution in [3.63, 3.8) is 0 Å². The fourth-order valence-corrected chi connectivity index (χ4v) is 6.13. The van der Waals surface area contributed by atoms with Crippen molar-refractivity contribution in [1.82, 2.24) is 14.5 Å². The van der Waals surface area contributed by atoms with Crippen LogP contribution in [0, 0.1) is 5.92 Å². The highest BCUT2D eigenvalue weighted by atomic mass is 32.2. The van der Waals surface area contributed by atoms with Gasteiger partial charge in [-0.25, -0.2) is 20.2 Å². The minimum atomic E-state index is -4.25. The van der Waals surface area contributed by atoms with Crippen molar-refractivity contribution in [1.29, 1.82) is 0 Å². The fourth-order valence-electron chi connectivity index (χ4n) is 5.19. The first-order valence-electron chi connectivity index (χ1n) is 11.1. The Bertz CT molecular complexity index is 1460. The van der Waals surface area contributed by atoms with Gasteiger partial charge in [-0.1, -0.05) is 24.3 Å². The quantitative estimate of drug-likeness (QED) is 0.392. The maximum Gasteiger partial charge on any atom is 0.333 e. The summed E-state index contributed by atoms with van der Waals surface area (Å²) < 4.78 is 57.4. The summed E-state index contributed by atoms with van der Waals surface area (Å²) in [5, 5.41) is 14.4. The molecule has 5 N–H and O–H groups in total. The molecule has 0 spiro atoms. The van der Waals surface area contributed by atoms with Crippen molar-refractivity contribution in [2.24, 2.45) is 16.2 Å². The lowest BCUT2D eigenvalue weighted by molar-refractivity contribution is 0.127. The van der Waals surface area contributed by atoms with E-state index in [9.17, 15) is 16.8 Å². The van der Waals surface area contributed by atoms with E-state index in [0.29, 0.717) is 17.9 Å². The molecule has 14 heteroatoms. The highest BCUT2D eigenvalue weighted by Crippen LogP contribution is 2.40. The minimum Gasteiger partial charge on any atom is -0.363 e. The van der Waals surface area contributed by atoms with Crippen molar-refractivity contribution in [3.8, 4) is 0 Å². The van der Waals surface area contributed by atoms with E-state index in [4.69, 9.17) is 18.6 Å². The van der Waals surface area contributed by atoms with Crippen LogP contribution in [0.4, 0.5) is 5.82 Å². The summed E-state index contributed by atoms with van der Waals surface area (Å²) in [6.45, 7) is -0.322. The number of nitrogens with zero attached hydrogens (tertiary/aromatic N) is 3. The van der Waals surface area contributed by atoms with Crippen LogP contribution >= 0.6 is 0 Å². The minimum absolute atomic E-state index is 0.145. The molecule has 5 rings (SSSR count). The fraction of sp³-hybridized carbons (Fsp3) is 0.429. The van der Waals surface area contributed by atoms with E-state index >= 15 is 0 Å². The molecule has 12 nitrogen and oxygen atoms in total. The molecule has 0 amide bonds. The summed E-state index contributed by atoms with van der Waals surface area (Å²) in [6.07, 6.45) is 5.07. The van der Waals surface area contributed by atoms with E-state index in [1.807, 2.05) is 29.0 Å². The lowest BCUT2D eigenvalue weighted by Gasteiger charge is -2.17. The van der Waals surface area contributed by atoms with Gasteiger partial charge in [-0.3, -0.25) is 8.37 Å². The molecule has 2 aliphatic rings. The van der Waals surface area contributed by atoms with Crippen LogP contribution in [0.1, 0.15) is 42.5 Å². The Labute approximate surface area is 203 Å². The molecule has 2 aliphatic carbocycles. The van der Waals surface area contributed by atoms with Gasteiger partial charge in [-0.05, 0) is 42.9 Å². The van der Waals surface area contributed by atoms with Gasteiger partial charge in [-0.2, -0.15) is 16.8 Å². The van der Waals surface area contributed by atoms with Gasteiger partial charge >= 0.3 is 20.6 Å². The van der Waals surface area contributed by atoms with Gasteiger partial charge in [0.2, 0.25) is 0 Å². The third-order valence-electron chi connectivity index (χ3n) is 6.66. The third-order valence-corrected chi connectivity index (χ3v) is 7.64. The third kappa shape index (κ3) is 5.32. The monoisotopic (exact) mass is 522 g/mol. The first kappa shape index (κ1) is 24.1. The number of fused-ring (bicyclic) bond motifs is 2. The summed E-state index contributed by atoms with van der Waals surface area (Å²) in [5.74, 6) is 0.142. The predicted molar refractivity (Wildman–Crippen MR) is 127 cm³/mol. The molecule has 35 heavy (non-hydrogen) atoms. The molecule has 2 heterocycles. The van der Waals surface area contributed by atoms with Crippen molar-refractivity contribution in [2.75, 3.05) is 11.9 Å². The Morgan fingerprint density at radius 1 is 1.06 bits per heavy atom. The molecular weight excluding hydrogens is 496 g/mol. The maximum absolute atomic E-state index is 11.6. The average molecular weight is 523 g/mol. The summed E-state index contributed by atoms with van der Waals surface area (Å²) in [7, 11) is -8.45. The largest absolute Gasteiger partial charge is 0.363 e. The second-order valence-electron chi connectivity index (χ2n) is 8.91. The second kappa shape index (κ2) is 9.11. The van der Waals surface area contributed by atoms with Crippen LogP contribution in [0.15, 0.2) is 42.9 Å². The van der Waals surface area contributed by atoms with Crippen molar-refractivity contribution < 1.29 is 25.2 Å². The number of benzene rings is 1. The van der Waals surface area contributed by atoms with E-state index in [-0.39, 0.29) is 25.1 Å². The van der Waals surface area contributed by atoms with Crippen LogP contribution in [-0.2, 0) is 35.4 Å². The molecule has 3 aromatic rings. The van der Waals surface area contributed by atoms with Crippen molar-refractivity contribution in [3.05, 3.63) is 54.0 Å². The summed E-state index contributed by atoms with van der Waals surface area (Å²) >= 11 is 0. The molecule has 4 atom stereocenters. The van der Waals surface area contributed by atoms with Crippen LogP contribution in [0.2, 0.25) is 0 Å². The van der Waals surface area contributed by atoms with Crippen LogP contribution in [0.3, 0.4) is 0 Å². The Balaban J connectivity index is 1.40. The van der Waals surface area contributed by atoms with Gasteiger partial charge in [-0.15, -0.1) is 0 Å². The topological polar surface area (TPSA) is 182 Å². The average Bonchev–Trinajstić information content (AvgIpc) is 3.48.